The maximum absolute atomic E-state index is 11.9. The van der Waals surface area contributed by atoms with Crippen LogP contribution in [0.1, 0.15) is 23.8 Å². The number of hydrogen-bond acceptors (Lipinski definition) is 7. The lowest BCUT2D eigenvalue weighted by Gasteiger charge is -2.27. The van der Waals surface area contributed by atoms with Crippen LogP contribution in [-0.4, -0.2) is 44.1 Å². The number of hydrogen-bond donors (Lipinski definition) is 1. The highest BCUT2D eigenvalue weighted by molar-refractivity contribution is 7.90. The van der Waals surface area contributed by atoms with Gasteiger partial charge in [0.15, 0.2) is 9.84 Å². The van der Waals surface area contributed by atoms with Crippen molar-refractivity contribution in [3.05, 3.63) is 50.7 Å². The molecule has 0 aliphatic carbocycles. The number of likely N-dealkylation sites (tertiary alicyclic amines) is 1. The van der Waals surface area contributed by atoms with Crippen molar-refractivity contribution in [3.8, 4) is 0 Å². The zero-order valence-electron chi connectivity index (χ0n) is 14.4. The number of anilines is 1. The number of thiophene rings is 1. The van der Waals surface area contributed by atoms with Crippen LogP contribution in [0.2, 0.25) is 0 Å². The maximum Gasteiger partial charge on any atom is 0.310 e. The number of nitro benzene ring substituents is 1. The van der Waals surface area contributed by atoms with E-state index in [1.165, 1.54) is 17.0 Å². The number of benzene rings is 1. The molecule has 1 aromatic heterocycles. The molecular formula is C17H21N3O4S2. The van der Waals surface area contributed by atoms with Gasteiger partial charge in [0.1, 0.15) is 10.6 Å². The van der Waals surface area contributed by atoms with Crippen LogP contribution in [0.4, 0.5) is 11.4 Å². The molecule has 1 atom stereocenters. The highest BCUT2D eigenvalue weighted by Crippen LogP contribution is 2.34. The molecule has 26 heavy (non-hydrogen) atoms. The first-order chi connectivity index (χ1) is 12.4. The topological polar surface area (TPSA) is 92.6 Å². The smallest absolute Gasteiger partial charge is 0.310 e. The number of para-hydroxylation sites is 1. The zero-order valence-corrected chi connectivity index (χ0v) is 16.1. The Labute approximate surface area is 156 Å². The Morgan fingerprint density at radius 3 is 2.58 bits per heavy atom. The summed E-state index contributed by atoms with van der Waals surface area (Å²) in [5.74, 6) is 0. The summed E-state index contributed by atoms with van der Waals surface area (Å²) in [7, 11) is -3.69. The average Bonchev–Trinajstić information content (AvgIpc) is 3.28. The number of rotatable bonds is 7. The highest BCUT2D eigenvalue weighted by atomic mass is 32.2. The lowest BCUT2D eigenvalue weighted by Crippen LogP contribution is -2.30. The summed E-state index contributed by atoms with van der Waals surface area (Å²) in [5, 5.41) is 16.7. The lowest BCUT2D eigenvalue weighted by atomic mass is 10.2. The highest BCUT2D eigenvalue weighted by Gasteiger charge is 2.28. The Morgan fingerprint density at radius 1 is 1.27 bits per heavy atom. The van der Waals surface area contributed by atoms with Gasteiger partial charge in [-0.1, -0.05) is 12.1 Å². The SMILES string of the molecule is CS(=O)(=O)c1cccc(NCC(c2cccs2)N2CCCC2)c1[N+](=O)[O-]. The quantitative estimate of drug-likeness (QED) is 0.571. The average molecular weight is 396 g/mol. The fraction of sp³-hybridized carbons (Fsp3) is 0.412. The van der Waals surface area contributed by atoms with Crippen molar-refractivity contribution in [2.75, 3.05) is 31.2 Å². The molecule has 9 heteroatoms. The Balaban J connectivity index is 1.89. The number of nitrogens with one attached hydrogen (secondary N) is 1. The van der Waals surface area contributed by atoms with Crippen LogP contribution in [-0.2, 0) is 9.84 Å². The molecule has 2 aromatic rings. The van der Waals surface area contributed by atoms with Crippen LogP contribution in [0, 0.1) is 10.1 Å². The second kappa shape index (κ2) is 7.73. The van der Waals surface area contributed by atoms with Gasteiger partial charge in [-0.2, -0.15) is 0 Å². The van der Waals surface area contributed by atoms with E-state index in [0.717, 1.165) is 32.2 Å². The first kappa shape index (κ1) is 18.8. The predicted molar refractivity (Wildman–Crippen MR) is 103 cm³/mol. The van der Waals surface area contributed by atoms with Gasteiger partial charge >= 0.3 is 5.69 Å². The first-order valence-electron chi connectivity index (χ1n) is 8.36. The van der Waals surface area contributed by atoms with Gasteiger partial charge in [-0.25, -0.2) is 8.42 Å². The first-order valence-corrected chi connectivity index (χ1v) is 11.1. The van der Waals surface area contributed by atoms with Gasteiger partial charge in [0.2, 0.25) is 0 Å². The molecular weight excluding hydrogens is 374 g/mol. The second-order valence-corrected chi connectivity index (χ2v) is 9.30. The third kappa shape index (κ3) is 4.05. The van der Waals surface area contributed by atoms with E-state index >= 15 is 0 Å². The van der Waals surface area contributed by atoms with Gasteiger partial charge in [0, 0.05) is 17.7 Å². The molecule has 0 amide bonds. The molecule has 3 rings (SSSR count). The molecule has 0 radical (unpaired) electrons. The van der Waals surface area contributed by atoms with Crippen molar-refractivity contribution in [1.29, 1.82) is 0 Å². The summed E-state index contributed by atoms with van der Waals surface area (Å²) >= 11 is 1.66. The summed E-state index contributed by atoms with van der Waals surface area (Å²) in [6.07, 6.45) is 3.27. The third-order valence-corrected chi connectivity index (χ3v) is 6.62. The van der Waals surface area contributed by atoms with Gasteiger partial charge < -0.3 is 5.32 Å². The number of sulfone groups is 1. The van der Waals surface area contributed by atoms with Crippen molar-refractivity contribution in [3.63, 3.8) is 0 Å². The Hall–Kier alpha value is -1.97. The molecule has 0 bridgehead atoms. The predicted octanol–water partition coefficient (Wildman–Crippen LogP) is 3.31. The summed E-state index contributed by atoms with van der Waals surface area (Å²) < 4.78 is 23.8. The normalized spacial score (nSPS) is 16.5. The number of nitro groups is 1. The second-order valence-electron chi connectivity index (χ2n) is 6.34. The van der Waals surface area contributed by atoms with E-state index in [2.05, 4.69) is 16.3 Å². The van der Waals surface area contributed by atoms with Gasteiger partial charge in [0.25, 0.3) is 0 Å². The molecule has 140 valence electrons. The Kier molecular flexibility index (Phi) is 5.59. The van der Waals surface area contributed by atoms with E-state index in [9.17, 15) is 18.5 Å². The van der Waals surface area contributed by atoms with Crippen LogP contribution in [0.15, 0.2) is 40.6 Å². The molecule has 0 saturated carbocycles. The standard InChI is InChI=1S/C17H21N3O4S2/c1-26(23,24)16-8-4-6-13(17(16)20(21)22)18-12-14(15-7-5-11-25-15)19-9-2-3-10-19/h4-8,11,14,18H,2-3,9-10,12H2,1H3. The van der Waals surface area contributed by atoms with Gasteiger partial charge in [0.05, 0.1) is 11.0 Å². The van der Waals surface area contributed by atoms with Crippen LogP contribution in [0.3, 0.4) is 0 Å². The molecule has 7 nitrogen and oxygen atoms in total. The molecule has 1 N–H and O–H groups in total. The fourth-order valence-electron chi connectivity index (χ4n) is 3.30. The molecule has 1 unspecified atom stereocenters. The van der Waals surface area contributed by atoms with E-state index < -0.39 is 14.8 Å². The number of nitrogens with zero attached hydrogens (tertiary/aromatic N) is 2. The van der Waals surface area contributed by atoms with Crippen molar-refractivity contribution < 1.29 is 13.3 Å². The Morgan fingerprint density at radius 2 is 2.00 bits per heavy atom. The summed E-state index contributed by atoms with van der Waals surface area (Å²) in [5.41, 5.74) is -0.153. The molecule has 1 saturated heterocycles. The summed E-state index contributed by atoms with van der Waals surface area (Å²) in [6, 6.07) is 8.53. The monoisotopic (exact) mass is 395 g/mol. The summed E-state index contributed by atoms with van der Waals surface area (Å²) in [6.45, 7) is 2.47. The van der Waals surface area contributed by atoms with Gasteiger partial charge in [-0.3, -0.25) is 15.0 Å². The molecule has 1 fully saturated rings. The van der Waals surface area contributed by atoms with Crippen molar-refractivity contribution in [1.82, 2.24) is 4.90 Å². The summed E-state index contributed by atoms with van der Waals surface area (Å²) in [4.78, 5) is 14.2. The van der Waals surface area contributed by atoms with E-state index in [-0.39, 0.29) is 22.3 Å². The largest absolute Gasteiger partial charge is 0.377 e. The van der Waals surface area contributed by atoms with E-state index in [0.29, 0.717) is 6.54 Å². The van der Waals surface area contributed by atoms with Crippen LogP contribution in [0.25, 0.3) is 0 Å². The van der Waals surface area contributed by atoms with Crippen LogP contribution < -0.4 is 5.32 Å². The minimum atomic E-state index is -3.69. The minimum absolute atomic E-state index is 0.110. The minimum Gasteiger partial charge on any atom is -0.377 e. The van der Waals surface area contributed by atoms with Crippen molar-refractivity contribution >= 4 is 32.5 Å². The fourth-order valence-corrected chi connectivity index (χ4v) is 5.03. The van der Waals surface area contributed by atoms with Crippen LogP contribution in [0.5, 0.6) is 0 Å². The molecule has 1 aromatic carbocycles. The molecule has 2 heterocycles. The molecule has 0 spiro atoms. The van der Waals surface area contributed by atoms with Gasteiger partial charge in [-0.05, 0) is 49.5 Å². The molecule has 1 aliphatic heterocycles. The van der Waals surface area contributed by atoms with E-state index in [4.69, 9.17) is 0 Å². The molecule has 1 aliphatic rings. The van der Waals surface area contributed by atoms with Crippen LogP contribution >= 0.6 is 11.3 Å². The van der Waals surface area contributed by atoms with E-state index in [1.807, 2.05) is 11.4 Å². The third-order valence-electron chi connectivity index (χ3n) is 4.52. The van der Waals surface area contributed by atoms with Gasteiger partial charge in [-0.15, -0.1) is 11.3 Å². The Bertz CT molecular complexity index is 875. The van der Waals surface area contributed by atoms with Crippen molar-refractivity contribution in [2.45, 2.75) is 23.8 Å². The lowest BCUT2D eigenvalue weighted by molar-refractivity contribution is -0.386. The maximum atomic E-state index is 11.9. The van der Waals surface area contributed by atoms with Crippen molar-refractivity contribution in [2.24, 2.45) is 0 Å². The zero-order chi connectivity index (χ0) is 18.7. The van der Waals surface area contributed by atoms with E-state index in [1.54, 1.807) is 17.4 Å².